The molecule has 3 aromatic heterocycles. The number of hydrogen-bond acceptors (Lipinski definition) is 4. The van der Waals surface area contributed by atoms with Gasteiger partial charge in [0.25, 0.3) is 6.43 Å². The van der Waals surface area contributed by atoms with Crippen LogP contribution in [0.1, 0.15) is 30.8 Å². The standard InChI is InChI=1S/C20H17F2N5/c1-12(23)15-4-2-5-16(25-15)13-8-9-14-11-24-27(18(14)10-13)19-7-3-6-17(26-19)20(21)22/h2-12,20H,23H2,1H3/t12-/m0/s1. The van der Waals surface area contributed by atoms with Crippen molar-refractivity contribution in [2.24, 2.45) is 5.73 Å². The molecule has 0 fully saturated rings. The van der Waals surface area contributed by atoms with E-state index in [0.29, 0.717) is 5.82 Å². The van der Waals surface area contributed by atoms with Crippen molar-refractivity contribution in [3.8, 4) is 17.1 Å². The maximum Gasteiger partial charge on any atom is 0.280 e. The maximum atomic E-state index is 13.0. The van der Waals surface area contributed by atoms with E-state index in [-0.39, 0.29) is 11.7 Å². The zero-order valence-corrected chi connectivity index (χ0v) is 14.6. The molecule has 4 aromatic rings. The van der Waals surface area contributed by atoms with Gasteiger partial charge in [-0.3, -0.25) is 4.98 Å². The van der Waals surface area contributed by atoms with Crippen molar-refractivity contribution in [1.29, 1.82) is 0 Å². The molecule has 0 saturated heterocycles. The summed E-state index contributed by atoms with van der Waals surface area (Å²) in [4.78, 5) is 8.63. The third kappa shape index (κ3) is 3.29. The smallest absolute Gasteiger partial charge is 0.280 e. The second-order valence-electron chi connectivity index (χ2n) is 6.29. The highest BCUT2D eigenvalue weighted by atomic mass is 19.3. The Hall–Kier alpha value is -3.19. The van der Waals surface area contributed by atoms with Crippen molar-refractivity contribution in [2.45, 2.75) is 19.4 Å². The molecule has 1 aromatic carbocycles. The minimum Gasteiger partial charge on any atom is -0.323 e. The van der Waals surface area contributed by atoms with Crippen LogP contribution in [0.25, 0.3) is 28.0 Å². The van der Waals surface area contributed by atoms with Crippen LogP contribution in [-0.2, 0) is 0 Å². The summed E-state index contributed by atoms with van der Waals surface area (Å²) in [6.45, 7) is 1.88. The Labute approximate surface area is 154 Å². The number of hydrogen-bond donors (Lipinski definition) is 1. The van der Waals surface area contributed by atoms with E-state index in [1.54, 1.807) is 23.0 Å². The van der Waals surface area contributed by atoms with E-state index in [0.717, 1.165) is 27.9 Å². The largest absolute Gasteiger partial charge is 0.323 e. The first-order chi connectivity index (χ1) is 13.0. The Bertz CT molecular complexity index is 1100. The van der Waals surface area contributed by atoms with Crippen molar-refractivity contribution in [3.05, 3.63) is 72.2 Å². The molecular weight excluding hydrogens is 348 g/mol. The first kappa shape index (κ1) is 17.2. The third-order valence-electron chi connectivity index (χ3n) is 4.30. The van der Waals surface area contributed by atoms with Crippen LogP contribution in [0.2, 0.25) is 0 Å². The number of fused-ring (bicyclic) bond motifs is 1. The summed E-state index contributed by atoms with van der Waals surface area (Å²) in [5.74, 6) is 0.345. The van der Waals surface area contributed by atoms with Gasteiger partial charge in [-0.05, 0) is 37.3 Å². The molecule has 0 bridgehead atoms. The summed E-state index contributed by atoms with van der Waals surface area (Å²) >= 11 is 0. The molecule has 0 unspecified atom stereocenters. The fourth-order valence-corrected chi connectivity index (χ4v) is 2.91. The molecule has 1 atom stereocenters. The van der Waals surface area contributed by atoms with Gasteiger partial charge < -0.3 is 5.73 Å². The molecule has 27 heavy (non-hydrogen) atoms. The summed E-state index contributed by atoms with van der Waals surface area (Å²) in [5, 5.41) is 5.20. The Morgan fingerprint density at radius 2 is 1.74 bits per heavy atom. The molecule has 7 heteroatoms. The maximum absolute atomic E-state index is 13.0. The first-order valence-corrected chi connectivity index (χ1v) is 8.49. The highest BCUT2D eigenvalue weighted by Crippen LogP contribution is 2.26. The van der Waals surface area contributed by atoms with Crippen LogP contribution in [0.4, 0.5) is 8.78 Å². The van der Waals surface area contributed by atoms with Crippen LogP contribution in [0, 0.1) is 0 Å². The van der Waals surface area contributed by atoms with Gasteiger partial charge in [-0.2, -0.15) is 5.10 Å². The van der Waals surface area contributed by atoms with Crippen molar-refractivity contribution in [2.75, 3.05) is 0 Å². The number of benzene rings is 1. The van der Waals surface area contributed by atoms with Gasteiger partial charge in [0.15, 0.2) is 5.82 Å². The number of nitrogens with zero attached hydrogens (tertiary/aromatic N) is 4. The minimum absolute atomic E-state index is 0.166. The van der Waals surface area contributed by atoms with E-state index in [1.807, 2.05) is 43.3 Å². The van der Waals surface area contributed by atoms with Gasteiger partial charge in [-0.1, -0.05) is 24.3 Å². The molecule has 2 N–H and O–H groups in total. The highest BCUT2D eigenvalue weighted by molar-refractivity contribution is 5.84. The summed E-state index contributed by atoms with van der Waals surface area (Å²) in [7, 11) is 0. The number of aromatic nitrogens is 4. The third-order valence-corrected chi connectivity index (χ3v) is 4.30. The van der Waals surface area contributed by atoms with E-state index in [9.17, 15) is 8.78 Å². The summed E-state index contributed by atoms with van der Waals surface area (Å²) in [5.41, 5.74) is 8.88. The topological polar surface area (TPSA) is 69.6 Å². The Morgan fingerprint density at radius 1 is 0.963 bits per heavy atom. The number of rotatable bonds is 4. The monoisotopic (exact) mass is 365 g/mol. The summed E-state index contributed by atoms with van der Waals surface area (Å²) < 4.78 is 27.5. The van der Waals surface area contributed by atoms with Crippen LogP contribution in [-0.4, -0.2) is 19.7 Å². The van der Waals surface area contributed by atoms with Crippen LogP contribution in [0.5, 0.6) is 0 Å². The lowest BCUT2D eigenvalue weighted by atomic mass is 10.1. The van der Waals surface area contributed by atoms with Crippen LogP contribution in [0.15, 0.2) is 60.8 Å². The number of pyridine rings is 2. The van der Waals surface area contributed by atoms with Crippen molar-refractivity contribution in [3.63, 3.8) is 0 Å². The van der Waals surface area contributed by atoms with Gasteiger partial charge in [0.2, 0.25) is 0 Å². The average molecular weight is 365 g/mol. The molecule has 3 heterocycles. The van der Waals surface area contributed by atoms with Gasteiger partial charge in [0.05, 0.1) is 23.1 Å². The zero-order chi connectivity index (χ0) is 19.0. The van der Waals surface area contributed by atoms with Gasteiger partial charge in [-0.15, -0.1) is 0 Å². The minimum atomic E-state index is -2.63. The quantitative estimate of drug-likeness (QED) is 0.580. The van der Waals surface area contributed by atoms with Crippen LogP contribution < -0.4 is 5.73 Å². The first-order valence-electron chi connectivity index (χ1n) is 8.49. The normalized spacial score (nSPS) is 12.6. The molecule has 0 aliphatic rings. The Kier molecular flexibility index (Phi) is 4.37. The summed E-state index contributed by atoms with van der Waals surface area (Å²) in [6, 6.07) is 15.8. The van der Waals surface area contributed by atoms with Gasteiger partial charge in [0, 0.05) is 17.0 Å². The molecule has 0 radical (unpaired) electrons. The van der Waals surface area contributed by atoms with Gasteiger partial charge in [0.1, 0.15) is 5.69 Å². The van der Waals surface area contributed by atoms with Crippen molar-refractivity contribution >= 4 is 10.9 Å². The fourth-order valence-electron chi connectivity index (χ4n) is 2.91. The SMILES string of the molecule is C[C@H](N)c1cccc(-c2ccc3cnn(-c4cccc(C(F)F)n4)c3c2)n1. The fraction of sp³-hybridized carbons (Fsp3) is 0.150. The lowest BCUT2D eigenvalue weighted by Crippen LogP contribution is -2.07. The predicted molar refractivity (Wildman–Crippen MR) is 99.7 cm³/mol. The predicted octanol–water partition coefficient (Wildman–Crippen LogP) is 4.44. The van der Waals surface area contributed by atoms with E-state index < -0.39 is 6.43 Å². The molecule has 0 spiro atoms. The lowest BCUT2D eigenvalue weighted by molar-refractivity contribution is 0.146. The molecule has 0 saturated carbocycles. The average Bonchev–Trinajstić information content (AvgIpc) is 3.11. The number of alkyl halides is 2. The molecule has 0 amide bonds. The van der Waals surface area contributed by atoms with E-state index >= 15 is 0 Å². The van der Waals surface area contributed by atoms with Gasteiger partial charge >= 0.3 is 0 Å². The molecule has 5 nitrogen and oxygen atoms in total. The molecule has 0 aliphatic heterocycles. The number of halogens is 2. The molecule has 0 aliphatic carbocycles. The lowest BCUT2D eigenvalue weighted by Gasteiger charge is -2.09. The van der Waals surface area contributed by atoms with Crippen LogP contribution >= 0.6 is 0 Å². The molecular formula is C20H17F2N5. The van der Waals surface area contributed by atoms with E-state index in [2.05, 4.69) is 15.1 Å². The zero-order valence-electron chi connectivity index (χ0n) is 14.6. The van der Waals surface area contributed by atoms with Gasteiger partial charge in [-0.25, -0.2) is 18.4 Å². The van der Waals surface area contributed by atoms with E-state index in [4.69, 9.17) is 5.73 Å². The molecule has 4 rings (SSSR count). The summed E-state index contributed by atoms with van der Waals surface area (Å²) in [6.07, 6.45) is -0.950. The van der Waals surface area contributed by atoms with Crippen molar-refractivity contribution in [1.82, 2.24) is 19.7 Å². The second-order valence-corrected chi connectivity index (χ2v) is 6.29. The Morgan fingerprint density at radius 3 is 2.52 bits per heavy atom. The Balaban J connectivity index is 1.82. The molecule has 136 valence electrons. The number of nitrogens with two attached hydrogens (primary N) is 1. The van der Waals surface area contributed by atoms with Crippen molar-refractivity contribution < 1.29 is 8.78 Å². The van der Waals surface area contributed by atoms with E-state index in [1.165, 1.54) is 6.07 Å². The highest BCUT2D eigenvalue weighted by Gasteiger charge is 2.13. The van der Waals surface area contributed by atoms with Crippen LogP contribution in [0.3, 0.4) is 0 Å². The second kappa shape index (κ2) is 6.85.